The molecule has 16 heavy (non-hydrogen) atoms. The van der Waals surface area contributed by atoms with Gasteiger partial charge >= 0.3 is 0 Å². The molecule has 1 rings (SSSR count). The molecule has 0 atom stereocenters. The molecule has 0 fully saturated rings. The van der Waals surface area contributed by atoms with E-state index in [1.807, 2.05) is 0 Å². The highest BCUT2D eigenvalue weighted by molar-refractivity contribution is 9.10. The van der Waals surface area contributed by atoms with E-state index in [0.29, 0.717) is 22.1 Å². The summed E-state index contributed by atoms with van der Waals surface area (Å²) in [7, 11) is -3.06. The van der Waals surface area contributed by atoms with E-state index in [4.69, 9.17) is 4.74 Å². The minimum absolute atomic E-state index is 0.0300. The summed E-state index contributed by atoms with van der Waals surface area (Å²) in [5, 5.41) is 0. The standard InChI is InChI=1S/C10H11BrO4S/c1-16(13,14)6-5-15-10-8(7-12)3-2-4-9(10)11/h2-4,7H,5-6H2,1H3. The van der Waals surface area contributed by atoms with Gasteiger partial charge in [-0.2, -0.15) is 0 Å². The highest BCUT2D eigenvalue weighted by Crippen LogP contribution is 2.27. The van der Waals surface area contributed by atoms with Crippen molar-refractivity contribution in [2.24, 2.45) is 0 Å². The van der Waals surface area contributed by atoms with Crippen molar-refractivity contribution < 1.29 is 17.9 Å². The number of rotatable bonds is 5. The zero-order valence-corrected chi connectivity index (χ0v) is 11.0. The quantitative estimate of drug-likeness (QED) is 0.777. The molecule has 1 aromatic rings. The summed E-state index contributed by atoms with van der Waals surface area (Å²) in [5.74, 6) is 0.299. The number of benzene rings is 1. The number of sulfone groups is 1. The topological polar surface area (TPSA) is 60.4 Å². The van der Waals surface area contributed by atoms with Crippen molar-refractivity contribution in [3.05, 3.63) is 28.2 Å². The normalized spacial score (nSPS) is 11.1. The molecule has 0 spiro atoms. The summed E-state index contributed by atoms with van der Waals surface area (Å²) < 4.78 is 27.7. The van der Waals surface area contributed by atoms with Crippen LogP contribution in [-0.2, 0) is 9.84 Å². The molecule has 1 aromatic carbocycles. The summed E-state index contributed by atoms with van der Waals surface area (Å²) >= 11 is 3.24. The predicted octanol–water partition coefficient (Wildman–Crippen LogP) is 1.69. The minimum atomic E-state index is -3.06. The first-order chi connectivity index (χ1) is 7.44. The van der Waals surface area contributed by atoms with Gasteiger partial charge in [0.2, 0.25) is 0 Å². The van der Waals surface area contributed by atoms with E-state index in [1.54, 1.807) is 18.2 Å². The lowest BCUT2D eigenvalue weighted by Crippen LogP contribution is -2.12. The molecule has 6 heteroatoms. The number of para-hydroxylation sites is 1. The number of halogens is 1. The molecule has 88 valence electrons. The van der Waals surface area contributed by atoms with Crippen LogP contribution in [0.2, 0.25) is 0 Å². The fourth-order valence-electron chi connectivity index (χ4n) is 1.07. The maximum Gasteiger partial charge on any atom is 0.153 e. The average Bonchev–Trinajstić information content (AvgIpc) is 2.18. The molecule has 0 aliphatic carbocycles. The van der Waals surface area contributed by atoms with Crippen LogP contribution in [0.3, 0.4) is 0 Å². The molecule has 0 saturated carbocycles. The molecule has 0 bridgehead atoms. The van der Waals surface area contributed by atoms with Gasteiger partial charge in [0.05, 0.1) is 15.8 Å². The van der Waals surface area contributed by atoms with Crippen molar-refractivity contribution in [2.45, 2.75) is 0 Å². The van der Waals surface area contributed by atoms with Crippen molar-refractivity contribution in [3.63, 3.8) is 0 Å². The molecule has 0 unspecified atom stereocenters. The van der Waals surface area contributed by atoms with Gasteiger partial charge in [-0.15, -0.1) is 0 Å². The van der Waals surface area contributed by atoms with Gasteiger partial charge in [0.15, 0.2) is 16.1 Å². The van der Waals surface area contributed by atoms with Gasteiger partial charge in [-0.1, -0.05) is 6.07 Å². The number of aldehydes is 1. The Morgan fingerprint density at radius 2 is 2.12 bits per heavy atom. The van der Waals surface area contributed by atoms with Crippen molar-refractivity contribution >= 4 is 32.1 Å². The van der Waals surface area contributed by atoms with Gasteiger partial charge in [0, 0.05) is 6.26 Å². The van der Waals surface area contributed by atoms with Crippen molar-refractivity contribution in [2.75, 3.05) is 18.6 Å². The Labute approximate surface area is 103 Å². The first-order valence-electron chi connectivity index (χ1n) is 4.48. The van der Waals surface area contributed by atoms with Crippen LogP contribution < -0.4 is 4.74 Å². The zero-order valence-electron chi connectivity index (χ0n) is 8.64. The maximum atomic E-state index is 10.9. The molecule has 0 aliphatic rings. The molecule has 0 saturated heterocycles. The maximum absolute atomic E-state index is 10.9. The molecule has 0 amide bonds. The molecule has 0 heterocycles. The molecule has 0 aliphatic heterocycles. The lowest BCUT2D eigenvalue weighted by atomic mass is 10.2. The number of hydrogen-bond acceptors (Lipinski definition) is 4. The highest BCUT2D eigenvalue weighted by atomic mass is 79.9. The average molecular weight is 307 g/mol. The summed E-state index contributed by atoms with van der Waals surface area (Å²) in [4.78, 5) is 10.7. The van der Waals surface area contributed by atoms with Crippen LogP contribution in [0, 0.1) is 0 Å². The third kappa shape index (κ3) is 3.94. The Kier molecular flexibility index (Phi) is 4.49. The third-order valence-electron chi connectivity index (χ3n) is 1.82. The van der Waals surface area contributed by atoms with Gasteiger partial charge < -0.3 is 4.74 Å². The van der Waals surface area contributed by atoms with Crippen LogP contribution in [0.25, 0.3) is 0 Å². The summed E-state index contributed by atoms with van der Waals surface area (Å²) in [6.07, 6.45) is 1.80. The fourth-order valence-corrected chi connectivity index (χ4v) is 1.95. The first-order valence-corrected chi connectivity index (χ1v) is 7.33. The molecular weight excluding hydrogens is 296 g/mol. The number of carbonyl (C=O) groups excluding carboxylic acids is 1. The van der Waals surface area contributed by atoms with Gasteiger partial charge in [-0.3, -0.25) is 4.79 Å². The van der Waals surface area contributed by atoms with Crippen LogP contribution in [0.4, 0.5) is 0 Å². The molecular formula is C10H11BrO4S. The monoisotopic (exact) mass is 306 g/mol. The van der Waals surface area contributed by atoms with Crippen molar-refractivity contribution in [1.29, 1.82) is 0 Å². The Bertz CT molecular complexity index is 482. The fraction of sp³-hybridized carbons (Fsp3) is 0.300. The van der Waals surface area contributed by atoms with Crippen LogP contribution in [0.15, 0.2) is 22.7 Å². The van der Waals surface area contributed by atoms with Crippen LogP contribution in [0.1, 0.15) is 10.4 Å². The summed E-state index contributed by atoms with van der Waals surface area (Å²) in [6, 6.07) is 5.04. The lowest BCUT2D eigenvalue weighted by Gasteiger charge is -2.09. The largest absolute Gasteiger partial charge is 0.491 e. The van der Waals surface area contributed by atoms with Gasteiger partial charge in [-0.25, -0.2) is 8.42 Å². The Hall–Kier alpha value is -0.880. The molecule has 0 aromatic heterocycles. The van der Waals surface area contributed by atoms with E-state index in [1.165, 1.54) is 0 Å². The number of ether oxygens (including phenoxy) is 1. The first kappa shape index (κ1) is 13.2. The van der Waals surface area contributed by atoms with Gasteiger partial charge in [0.25, 0.3) is 0 Å². The Morgan fingerprint density at radius 3 is 2.69 bits per heavy atom. The third-order valence-corrected chi connectivity index (χ3v) is 3.36. The van der Waals surface area contributed by atoms with E-state index in [2.05, 4.69) is 15.9 Å². The summed E-state index contributed by atoms with van der Waals surface area (Å²) in [5.41, 5.74) is 0.392. The Morgan fingerprint density at radius 1 is 1.44 bits per heavy atom. The number of hydrogen-bond donors (Lipinski definition) is 0. The SMILES string of the molecule is CS(=O)(=O)CCOc1c(Br)cccc1C=O. The van der Waals surface area contributed by atoms with Gasteiger partial charge in [0.1, 0.15) is 12.4 Å². The second-order valence-electron chi connectivity index (χ2n) is 3.25. The van der Waals surface area contributed by atoms with Crippen LogP contribution in [0.5, 0.6) is 5.75 Å². The second kappa shape index (κ2) is 5.45. The van der Waals surface area contributed by atoms with E-state index in [0.717, 1.165) is 6.26 Å². The predicted molar refractivity (Wildman–Crippen MR) is 64.7 cm³/mol. The molecule has 0 radical (unpaired) electrons. The smallest absolute Gasteiger partial charge is 0.153 e. The van der Waals surface area contributed by atoms with E-state index in [-0.39, 0.29) is 12.4 Å². The van der Waals surface area contributed by atoms with E-state index >= 15 is 0 Å². The van der Waals surface area contributed by atoms with E-state index < -0.39 is 9.84 Å². The molecule has 4 nitrogen and oxygen atoms in total. The highest BCUT2D eigenvalue weighted by Gasteiger charge is 2.09. The van der Waals surface area contributed by atoms with E-state index in [9.17, 15) is 13.2 Å². The Balaban J connectivity index is 2.77. The summed E-state index contributed by atoms with van der Waals surface area (Å²) in [6.45, 7) is 0.0300. The number of carbonyl (C=O) groups is 1. The zero-order chi connectivity index (χ0) is 12.2. The molecule has 0 N–H and O–H groups in total. The van der Waals surface area contributed by atoms with Crippen molar-refractivity contribution in [1.82, 2.24) is 0 Å². The van der Waals surface area contributed by atoms with Crippen molar-refractivity contribution in [3.8, 4) is 5.75 Å². The second-order valence-corrected chi connectivity index (χ2v) is 6.37. The van der Waals surface area contributed by atoms with Crippen LogP contribution in [-0.4, -0.2) is 33.3 Å². The van der Waals surface area contributed by atoms with Crippen LogP contribution >= 0.6 is 15.9 Å². The lowest BCUT2D eigenvalue weighted by molar-refractivity contribution is 0.111. The minimum Gasteiger partial charge on any atom is -0.491 e. The van der Waals surface area contributed by atoms with Gasteiger partial charge in [-0.05, 0) is 28.1 Å².